The lowest BCUT2D eigenvalue weighted by atomic mass is 10.1. The summed E-state index contributed by atoms with van der Waals surface area (Å²) in [4.78, 5) is 17.7. The predicted octanol–water partition coefficient (Wildman–Crippen LogP) is 2.15. The molecule has 0 radical (unpaired) electrons. The van der Waals surface area contributed by atoms with Gasteiger partial charge in [-0.05, 0) is 37.6 Å². The summed E-state index contributed by atoms with van der Waals surface area (Å²) in [5.74, 6) is -0.438. The number of nitrogens with one attached hydrogen (secondary N) is 2. The molecule has 1 aliphatic heterocycles. The van der Waals surface area contributed by atoms with Gasteiger partial charge >= 0.3 is 0 Å². The maximum absolute atomic E-state index is 13.2. The highest BCUT2D eigenvalue weighted by molar-refractivity contribution is 6.06. The van der Waals surface area contributed by atoms with Crippen molar-refractivity contribution in [1.82, 2.24) is 15.2 Å². The third-order valence-corrected chi connectivity index (χ3v) is 4.47. The molecule has 2 heterocycles. The van der Waals surface area contributed by atoms with Crippen molar-refractivity contribution in [2.75, 3.05) is 33.4 Å². The number of amides is 1. The zero-order valence-corrected chi connectivity index (χ0v) is 13.3. The summed E-state index contributed by atoms with van der Waals surface area (Å²) >= 11 is 0. The Balaban J connectivity index is 1.62. The fourth-order valence-corrected chi connectivity index (χ4v) is 3.22. The molecule has 0 unspecified atom stereocenters. The monoisotopic (exact) mass is 319 g/mol. The third-order valence-electron chi connectivity index (χ3n) is 4.47. The van der Waals surface area contributed by atoms with Gasteiger partial charge in [0.25, 0.3) is 5.91 Å². The molecule has 1 fully saturated rings. The number of methoxy groups -OCH3 is 1. The van der Waals surface area contributed by atoms with Gasteiger partial charge in [0.15, 0.2) is 0 Å². The van der Waals surface area contributed by atoms with Crippen molar-refractivity contribution in [2.24, 2.45) is 0 Å². The van der Waals surface area contributed by atoms with Gasteiger partial charge in [0.05, 0.1) is 12.2 Å². The Bertz CT molecular complexity index is 686. The summed E-state index contributed by atoms with van der Waals surface area (Å²) in [6.45, 7) is 3.27. The van der Waals surface area contributed by atoms with E-state index in [1.807, 2.05) is 0 Å². The minimum Gasteiger partial charge on any atom is -0.383 e. The number of fused-ring (bicyclic) bond motifs is 1. The average molecular weight is 319 g/mol. The number of hydrogen-bond donors (Lipinski definition) is 2. The lowest BCUT2D eigenvalue weighted by Gasteiger charge is -2.24. The number of halogens is 1. The summed E-state index contributed by atoms with van der Waals surface area (Å²) in [7, 11) is 1.70. The van der Waals surface area contributed by atoms with Crippen LogP contribution in [0.3, 0.4) is 0 Å². The van der Waals surface area contributed by atoms with Gasteiger partial charge in [-0.25, -0.2) is 4.39 Å². The number of carbonyl (C=O) groups is 1. The molecule has 1 saturated heterocycles. The largest absolute Gasteiger partial charge is 0.383 e. The molecular formula is C17H22FN3O2. The van der Waals surface area contributed by atoms with Gasteiger partial charge in [-0.1, -0.05) is 0 Å². The first-order valence-electron chi connectivity index (χ1n) is 7.97. The Kier molecular flexibility index (Phi) is 4.93. The first-order chi connectivity index (χ1) is 11.2. The maximum Gasteiger partial charge on any atom is 0.253 e. The number of benzene rings is 1. The van der Waals surface area contributed by atoms with E-state index in [2.05, 4.69) is 15.2 Å². The molecule has 6 heteroatoms. The zero-order valence-electron chi connectivity index (χ0n) is 13.3. The lowest BCUT2D eigenvalue weighted by Crippen LogP contribution is -2.41. The van der Waals surface area contributed by atoms with E-state index in [-0.39, 0.29) is 11.7 Å². The number of H-pyrrole nitrogens is 1. The van der Waals surface area contributed by atoms with Crippen molar-refractivity contribution in [2.45, 2.75) is 18.9 Å². The molecular weight excluding hydrogens is 297 g/mol. The minimum absolute atomic E-state index is 0.124. The van der Waals surface area contributed by atoms with Crippen molar-refractivity contribution in [1.29, 1.82) is 0 Å². The van der Waals surface area contributed by atoms with Crippen molar-refractivity contribution in [3.05, 3.63) is 35.8 Å². The van der Waals surface area contributed by atoms with Crippen molar-refractivity contribution < 1.29 is 13.9 Å². The van der Waals surface area contributed by atoms with E-state index in [4.69, 9.17) is 4.74 Å². The quantitative estimate of drug-likeness (QED) is 0.858. The highest BCUT2D eigenvalue weighted by Gasteiger charge is 2.24. The molecule has 2 aromatic rings. The van der Waals surface area contributed by atoms with E-state index < -0.39 is 0 Å². The van der Waals surface area contributed by atoms with Crippen molar-refractivity contribution in [3.63, 3.8) is 0 Å². The van der Waals surface area contributed by atoms with Crippen LogP contribution in [0.25, 0.3) is 10.9 Å². The molecule has 124 valence electrons. The van der Waals surface area contributed by atoms with Gasteiger partial charge in [0.2, 0.25) is 0 Å². The van der Waals surface area contributed by atoms with Gasteiger partial charge < -0.3 is 15.0 Å². The smallest absolute Gasteiger partial charge is 0.253 e. The minimum atomic E-state index is -0.314. The van der Waals surface area contributed by atoms with Crippen LogP contribution in [-0.4, -0.2) is 55.2 Å². The highest BCUT2D eigenvalue weighted by atomic mass is 19.1. The molecule has 1 aliphatic rings. The number of rotatable bonds is 6. The van der Waals surface area contributed by atoms with E-state index in [0.717, 1.165) is 31.3 Å². The maximum atomic E-state index is 13.2. The average Bonchev–Trinajstić information content (AvgIpc) is 3.16. The third kappa shape index (κ3) is 3.54. The molecule has 3 rings (SSSR count). The van der Waals surface area contributed by atoms with E-state index in [0.29, 0.717) is 30.3 Å². The number of hydrogen-bond acceptors (Lipinski definition) is 3. The van der Waals surface area contributed by atoms with E-state index in [9.17, 15) is 9.18 Å². The van der Waals surface area contributed by atoms with Crippen LogP contribution in [0.2, 0.25) is 0 Å². The van der Waals surface area contributed by atoms with E-state index >= 15 is 0 Å². The van der Waals surface area contributed by atoms with Crippen molar-refractivity contribution >= 4 is 16.8 Å². The Morgan fingerprint density at radius 3 is 3.22 bits per heavy atom. The summed E-state index contributed by atoms with van der Waals surface area (Å²) in [6, 6.07) is 4.76. The second kappa shape index (κ2) is 7.10. The van der Waals surface area contributed by atoms with Crippen LogP contribution in [0.5, 0.6) is 0 Å². The summed E-state index contributed by atoms with van der Waals surface area (Å²) in [6.07, 6.45) is 3.87. The van der Waals surface area contributed by atoms with Crippen LogP contribution in [0.15, 0.2) is 24.4 Å². The lowest BCUT2D eigenvalue weighted by molar-refractivity contribution is 0.0934. The summed E-state index contributed by atoms with van der Waals surface area (Å²) < 4.78 is 18.3. The van der Waals surface area contributed by atoms with Crippen LogP contribution in [0, 0.1) is 5.82 Å². The van der Waals surface area contributed by atoms with E-state index in [1.54, 1.807) is 19.4 Å². The van der Waals surface area contributed by atoms with E-state index in [1.165, 1.54) is 12.1 Å². The van der Waals surface area contributed by atoms with Gasteiger partial charge in [-0.15, -0.1) is 0 Å². The number of aromatic amines is 1. The highest BCUT2D eigenvalue weighted by Crippen LogP contribution is 2.20. The zero-order chi connectivity index (χ0) is 16.2. The molecule has 2 N–H and O–H groups in total. The van der Waals surface area contributed by atoms with Gasteiger partial charge in [0.1, 0.15) is 5.82 Å². The normalized spacial score (nSPS) is 18.6. The summed E-state index contributed by atoms with van der Waals surface area (Å²) in [5, 5.41) is 3.75. The first-order valence-corrected chi connectivity index (χ1v) is 7.97. The molecule has 0 saturated carbocycles. The van der Waals surface area contributed by atoms with Crippen LogP contribution in [-0.2, 0) is 4.74 Å². The summed E-state index contributed by atoms with van der Waals surface area (Å²) in [5.41, 5.74) is 1.19. The number of aromatic nitrogens is 1. The van der Waals surface area contributed by atoms with Crippen LogP contribution in [0.1, 0.15) is 23.2 Å². The molecule has 23 heavy (non-hydrogen) atoms. The van der Waals surface area contributed by atoms with Crippen LogP contribution >= 0.6 is 0 Å². The van der Waals surface area contributed by atoms with Gasteiger partial charge in [0, 0.05) is 43.3 Å². The number of nitrogens with zero attached hydrogens (tertiary/aromatic N) is 1. The Hall–Kier alpha value is -1.92. The topological polar surface area (TPSA) is 57.4 Å². The first kappa shape index (κ1) is 16.0. The number of ether oxygens (including phenoxy) is 1. The molecule has 1 amide bonds. The Labute approximate surface area is 134 Å². The Morgan fingerprint density at radius 2 is 2.39 bits per heavy atom. The molecule has 1 aromatic heterocycles. The van der Waals surface area contributed by atoms with Crippen LogP contribution < -0.4 is 5.32 Å². The Morgan fingerprint density at radius 1 is 1.52 bits per heavy atom. The predicted molar refractivity (Wildman–Crippen MR) is 87.1 cm³/mol. The standard InChI is InChI=1S/C17H22FN3O2/c1-23-8-7-21-6-2-3-13(21)10-20-17(22)15-11-19-16-9-12(18)4-5-14(15)16/h4-5,9,11,13,19H,2-3,6-8,10H2,1H3,(H,20,22)/t13-/m1/s1. The fourth-order valence-electron chi connectivity index (χ4n) is 3.22. The molecule has 1 atom stereocenters. The van der Waals surface area contributed by atoms with Gasteiger partial charge in [-0.2, -0.15) is 0 Å². The SMILES string of the molecule is COCCN1CCC[C@@H]1CNC(=O)c1c[nH]c2cc(F)ccc12. The molecule has 0 aliphatic carbocycles. The molecule has 0 bridgehead atoms. The number of likely N-dealkylation sites (tertiary alicyclic amines) is 1. The number of carbonyl (C=O) groups excluding carboxylic acids is 1. The molecule has 0 spiro atoms. The van der Waals surface area contributed by atoms with Crippen LogP contribution in [0.4, 0.5) is 4.39 Å². The molecule has 5 nitrogen and oxygen atoms in total. The van der Waals surface area contributed by atoms with Gasteiger partial charge in [-0.3, -0.25) is 9.69 Å². The second-order valence-electron chi connectivity index (χ2n) is 5.93. The fraction of sp³-hybridized carbons (Fsp3) is 0.471. The van der Waals surface area contributed by atoms with Crippen molar-refractivity contribution in [3.8, 4) is 0 Å². The second-order valence-corrected chi connectivity index (χ2v) is 5.93. The molecule has 1 aromatic carbocycles.